The lowest BCUT2D eigenvalue weighted by atomic mass is 9.65. The molecule has 2 N–H and O–H groups in total. The summed E-state index contributed by atoms with van der Waals surface area (Å²) in [5.74, 6) is 3.36. The lowest BCUT2D eigenvalue weighted by Gasteiger charge is -2.46. The summed E-state index contributed by atoms with van der Waals surface area (Å²) in [7, 11) is 3.04. The zero-order valence-electron chi connectivity index (χ0n) is 33.5. The van der Waals surface area contributed by atoms with Gasteiger partial charge in [0.15, 0.2) is 0 Å². The highest BCUT2D eigenvalue weighted by molar-refractivity contribution is 6.23. The van der Waals surface area contributed by atoms with E-state index in [1.807, 2.05) is 77.7 Å². The van der Waals surface area contributed by atoms with Crippen molar-refractivity contribution in [2.75, 3.05) is 38.9 Å². The van der Waals surface area contributed by atoms with Crippen LogP contribution < -0.4 is 15.0 Å². The van der Waals surface area contributed by atoms with Crippen LogP contribution in [0.3, 0.4) is 0 Å². The number of esters is 1. The molecule has 2 saturated heterocycles. The van der Waals surface area contributed by atoms with Crippen LogP contribution in [-0.2, 0) is 34.0 Å². The van der Waals surface area contributed by atoms with Crippen molar-refractivity contribution in [3.63, 3.8) is 0 Å². The number of carbonyl (C=O) groups excluding carboxylic acids is 4. The maximum absolute atomic E-state index is 16.0. The third kappa shape index (κ3) is 7.18. The van der Waals surface area contributed by atoms with E-state index in [1.165, 1.54) is 25.3 Å². The van der Waals surface area contributed by atoms with Crippen LogP contribution in [0.15, 0.2) is 140 Å². The molecule has 0 radical (unpaired) electrons. The molecule has 8 rings (SSSR count). The highest BCUT2D eigenvalue weighted by Gasteiger charge is 2.75. The van der Waals surface area contributed by atoms with Crippen LogP contribution >= 0.6 is 0 Å². The first-order valence-corrected chi connectivity index (χ1v) is 19.8. The SMILES string of the molecule is C=CCNC(=O)C1C2C(=O)OC(c3ccccc3)C(c3ccccc3)N2C(c2ccc(O)cc2)C12C(=O)N(C(=O)OCCOC)c1ccc(C#Cc3ccc(OC)cc3)cc12. The fourth-order valence-electron chi connectivity index (χ4n) is 9.00. The second-order valence-corrected chi connectivity index (χ2v) is 14.8. The maximum Gasteiger partial charge on any atom is 0.421 e. The third-order valence-corrected chi connectivity index (χ3v) is 11.5. The molecule has 1 spiro atoms. The van der Waals surface area contributed by atoms with Crippen LogP contribution in [0.4, 0.5) is 10.5 Å². The Morgan fingerprint density at radius 3 is 2.13 bits per heavy atom. The summed E-state index contributed by atoms with van der Waals surface area (Å²) in [5.41, 5.74) is 1.55. The number of methoxy groups -OCH3 is 2. The molecule has 12 heteroatoms. The molecule has 2 fully saturated rings. The number of phenols is 1. The Morgan fingerprint density at radius 2 is 1.48 bits per heavy atom. The van der Waals surface area contributed by atoms with Gasteiger partial charge in [-0.3, -0.25) is 19.3 Å². The number of phenolic OH excluding ortho intramolecular Hbond substituents is 1. The van der Waals surface area contributed by atoms with Gasteiger partial charge in [0.05, 0.1) is 37.4 Å². The molecular formula is C49H43N3O9. The Bertz CT molecular complexity index is 2520. The second kappa shape index (κ2) is 17.2. The summed E-state index contributed by atoms with van der Waals surface area (Å²) in [6.45, 7) is 3.71. The number of carbonyl (C=O) groups is 4. The smallest absolute Gasteiger partial charge is 0.421 e. The molecule has 3 amide bonds. The van der Waals surface area contributed by atoms with Crippen LogP contribution in [0.25, 0.3) is 0 Å². The van der Waals surface area contributed by atoms with E-state index in [0.29, 0.717) is 28.0 Å². The summed E-state index contributed by atoms with van der Waals surface area (Å²) in [6.07, 6.45) is -0.379. The topological polar surface area (TPSA) is 144 Å². The largest absolute Gasteiger partial charge is 0.508 e. The molecule has 0 bridgehead atoms. The number of anilines is 1. The van der Waals surface area contributed by atoms with Gasteiger partial charge in [0, 0.05) is 24.8 Å². The van der Waals surface area contributed by atoms with Crippen molar-refractivity contribution >= 4 is 29.6 Å². The van der Waals surface area contributed by atoms with Crippen molar-refractivity contribution < 1.29 is 43.2 Å². The van der Waals surface area contributed by atoms with E-state index in [0.717, 1.165) is 10.5 Å². The van der Waals surface area contributed by atoms with Crippen molar-refractivity contribution in [1.82, 2.24) is 10.2 Å². The lowest BCUT2D eigenvalue weighted by Crippen LogP contribution is -2.55. The second-order valence-electron chi connectivity index (χ2n) is 14.8. The van der Waals surface area contributed by atoms with Crippen molar-refractivity contribution in [2.24, 2.45) is 5.92 Å². The van der Waals surface area contributed by atoms with Crippen molar-refractivity contribution in [1.29, 1.82) is 0 Å². The number of nitrogens with one attached hydrogen (secondary N) is 1. The highest BCUT2D eigenvalue weighted by atomic mass is 16.6. The Hall–Kier alpha value is -7.20. The van der Waals surface area contributed by atoms with E-state index in [-0.39, 0.29) is 36.8 Å². The maximum atomic E-state index is 16.0. The quantitative estimate of drug-likeness (QED) is 0.0690. The minimum atomic E-state index is -2.00. The zero-order valence-corrected chi connectivity index (χ0v) is 33.5. The molecule has 0 aromatic heterocycles. The molecule has 12 nitrogen and oxygen atoms in total. The Labute approximate surface area is 353 Å². The lowest BCUT2D eigenvalue weighted by molar-refractivity contribution is -0.178. The van der Waals surface area contributed by atoms with Crippen LogP contribution in [0, 0.1) is 17.8 Å². The van der Waals surface area contributed by atoms with Gasteiger partial charge in [-0.25, -0.2) is 9.69 Å². The van der Waals surface area contributed by atoms with E-state index < -0.39 is 59.4 Å². The first-order valence-electron chi connectivity index (χ1n) is 19.8. The summed E-state index contributed by atoms with van der Waals surface area (Å²) < 4.78 is 22.5. The number of cyclic esters (lactones) is 1. The average molecular weight is 818 g/mol. The molecule has 6 unspecified atom stereocenters. The van der Waals surface area contributed by atoms with Gasteiger partial charge in [0.1, 0.15) is 35.7 Å². The van der Waals surface area contributed by atoms with Gasteiger partial charge < -0.3 is 29.4 Å². The first kappa shape index (κ1) is 40.6. The number of hydrogen-bond donors (Lipinski definition) is 2. The molecule has 5 aromatic carbocycles. The summed E-state index contributed by atoms with van der Waals surface area (Å²) in [4.78, 5) is 63.2. The number of hydrogen-bond acceptors (Lipinski definition) is 10. The number of morpholine rings is 1. The molecule has 3 aliphatic heterocycles. The van der Waals surface area contributed by atoms with Gasteiger partial charge >= 0.3 is 12.1 Å². The number of aromatic hydroxyl groups is 1. The van der Waals surface area contributed by atoms with Gasteiger partial charge in [-0.1, -0.05) is 90.7 Å². The molecule has 61 heavy (non-hydrogen) atoms. The molecule has 3 aliphatic rings. The highest BCUT2D eigenvalue weighted by Crippen LogP contribution is 2.66. The monoisotopic (exact) mass is 817 g/mol. The van der Waals surface area contributed by atoms with E-state index >= 15 is 14.4 Å². The standard InChI is InChI=1S/C49H43N3O9/c1-4-27-50-45(54)40-42-46(55)61-43(34-13-9-6-10-14-34)41(33-11-7-5-8-12-33)52(42)44(35-20-22-36(53)23-21-35)49(40)38-30-32(16-15-31-17-24-37(59-3)25-18-31)19-26-39(38)51(47(49)56)48(57)60-29-28-58-2/h4-14,17-26,30,40-44,53H,1,27-29H2,2-3H3,(H,50,54). The fourth-order valence-corrected chi connectivity index (χ4v) is 9.00. The predicted molar refractivity (Wildman–Crippen MR) is 225 cm³/mol. The Kier molecular flexibility index (Phi) is 11.4. The van der Waals surface area contributed by atoms with Crippen LogP contribution in [0.2, 0.25) is 0 Å². The van der Waals surface area contributed by atoms with Gasteiger partial charge in [0.2, 0.25) is 11.8 Å². The normalized spacial score (nSPS) is 22.7. The number of nitrogens with zero attached hydrogens (tertiary/aromatic N) is 2. The summed E-state index contributed by atoms with van der Waals surface area (Å²) >= 11 is 0. The Morgan fingerprint density at radius 1 is 0.820 bits per heavy atom. The summed E-state index contributed by atoms with van der Waals surface area (Å²) in [6, 6.07) is 34.0. The van der Waals surface area contributed by atoms with Crippen molar-refractivity contribution in [2.45, 2.75) is 29.6 Å². The van der Waals surface area contributed by atoms with Crippen LogP contribution in [-0.4, -0.2) is 73.9 Å². The van der Waals surface area contributed by atoms with E-state index in [9.17, 15) is 9.90 Å². The van der Waals surface area contributed by atoms with Gasteiger partial charge in [-0.05, 0) is 76.9 Å². The first-order chi connectivity index (χ1) is 29.7. The fraction of sp³-hybridized carbons (Fsp3) is 0.224. The number of benzene rings is 5. The number of imide groups is 1. The van der Waals surface area contributed by atoms with Gasteiger partial charge in [-0.2, -0.15) is 0 Å². The average Bonchev–Trinajstić information content (AvgIpc) is 3.74. The molecular weight excluding hydrogens is 775 g/mol. The number of ether oxygens (including phenoxy) is 4. The molecule has 0 saturated carbocycles. The van der Waals surface area contributed by atoms with E-state index in [4.69, 9.17) is 18.9 Å². The zero-order chi connectivity index (χ0) is 42.7. The van der Waals surface area contributed by atoms with Gasteiger partial charge in [-0.15, -0.1) is 6.58 Å². The molecule has 5 aromatic rings. The number of fused-ring (bicyclic) bond motifs is 3. The number of rotatable bonds is 10. The molecule has 308 valence electrons. The van der Waals surface area contributed by atoms with Crippen LogP contribution in [0.1, 0.15) is 51.6 Å². The Balaban J connectivity index is 1.44. The third-order valence-electron chi connectivity index (χ3n) is 11.5. The van der Waals surface area contributed by atoms with Crippen LogP contribution in [0.5, 0.6) is 11.5 Å². The minimum absolute atomic E-state index is 0.0169. The molecule has 6 atom stereocenters. The number of amides is 3. The van der Waals surface area contributed by atoms with Crippen molar-refractivity contribution in [3.05, 3.63) is 173 Å². The van der Waals surface area contributed by atoms with Crippen molar-refractivity contribution in [3.8, 4) is 23.3 Å². The minimum Gasteiger partial charge on any atom is -0.508 e. The molecule has 3 heterocycles. The predicted octanol–water partition coefficient (Wildman–Crippen LogP) is 6.55. The summed E-state index contributed by atoms with van der Waals surface area (Å²) in [5, 5.41) is 13.5. The van der Waals surface area contributed by atoms with E-state index in [2.05, 4.69) is 23.7 Å². The molecule has 0 aliphatic carbocycles. The van der Waals surface area contributed by atoms with E-state index in [1.54, 1.807) is 49.6 Å². The van der Waals surface area contributed by atoms with Gasteiger partial charge in [0.25, 0.3) is 0 Å².